The van der Waals surface area contributed by atoms with Crippen molar-refractivity contribution in [3.8, 4) is 0 Å². The Bertz CT molecular complexity index is 130. The second-order valence-corrected chi connectivity index (χ2v) is 4.49. The molecule has 0 saturated carbocycles. The van der Waals surface area contributed by atoms with E-state index in [2.05, 4.69) is 38.2 Å². The minimum atomic E-state index is 0.634. The summed E-state index contributed by atoms with van der Waals surface area (Å²) in [5.74, 6) is 0. The third-order valence-electron chi connectivity index (χ3n) is 2.79. The van der Waals surface area contributed by atoms with E-state index in [1.807, 2.05) is 0 Å². The number of likely N-dealkylation sites (tertiary alicyclic amines) is 1. The summed E-state index contributed by atoms with van der Waals surface area (Å²) in [5, 5.41) is 0. The lowest BCUT2D eigenvalue weighted by Gasteiger charge is -2.28. The SMILES string of the molecule is CCCCN1CCCCCC1NI. The summed E-state index contributed by atoms with van der Waals surface area (Å²) in [6, 6.07) is 0. The van der Waals surface area contributed by atoms with Gasteiger partial charge in [0.05, 0.1) is 6.17 Å². The van der Waals surface area contributed by atoms with Crippen LogP contribution in [0.1, 0.15) is 45.4 Å². The van der Waals surface area contributed by atoms with Gasteiger partial charge >= 0.3 is 0 Å². The molecule has 0 spiro atoms. The molecule has 0 amide bonds. The van der Waals surface area contributed by atoms with Crippen molar-refractivity contribution >= 4 is 22.9 Å². The van der Waals surface area contributed by atoms with Crippen LogP contribution in [0.3, 0.4) is 0 Å². The number of hydrogen-bond acceptors (Lipinski definition) is 2. The van der Waals surface area contributed by atoms with Gasteiger partial charge in [0, 0.05) is 22.9 Å². The molecule has 1 aliphatic heterocycles. The predicted molar refractivity (Wildman–Crippen MR) is 65.9 cm³/mol. The van der Waals surface area contributed by atoms with Crippen LogP contribution in [0.5, 0.6) is 0 Å². The lowest BCUT2D eigenvalue weighted by molar-refractivity contribution is 0.193. The van der Waals surface area contributed by atoms with Gasteiger partial charge in [-0.15, -0.1) is 0 Å². The summed E-state index contributed by atoms with van der Waals surface area (Å²) < 4.78 is 3.40. The van der Waals surface area contributed by atoms with E-state index < -0.39 is 0 Å². The molecule has 0 bridgehead atoms. The molecule has 1 rings (SSSR count). The lowest BCUT2D eigenvalue weighted by Crippen LogP contribution is -2.41. The minimum Gasteiger partial charge on any atom is -0.287 e. The molecule has 0 aromatic rings. The average Bonchev–Trinajstić information content (AvgIpc) is 2.39. The van der Waals surface area contributed by atoms with Crippen molar-refractivity contribution in [1.29, 1.82) is 0 Å². The Balaban J connectivity index is 2.34. The number of unbranched alkanes of at least 4 members (excludes halogenated alkanes) is 1. The molecule has 0 aromatic heterocycles. The maximum atomic E-state index is 3.40. The Hall–Kier alpha value is 0.650. The topological polar surface area (TPSA) is 15.3 Å². The molecule has 1 saturated heterocycles. The van der Waals surface area contributed by atoms with Crippen molar-refractivity contribution in [3.05, 3.63) is 0 Å². The van der Waals surface area contributed by atoms with Crippen LogP contribution in [0.2, 0.25) is 0 Å². The maximum absolute atomic E-state index is 3.40. The first-order chi connectivity index (χ1) is 6.38. The lowest BCUT2D eigenvalue weighted by atomic mass is 10.2. The normalized spacial score (nSPS) is 25.8. The van der Waals surface area contributed by atoms with Crippen LogP contribution < -0.4 is 3.53 Å². The van der Waals surface area contributed by atoms with Gasteiger partial charge in [-0.3, -0.25) is 4.90 Å². The van der Waals surface area contributed by atoms with Gasteiger partial charge in [-0.05, 0) is 32.4 Å². The van der Waals surface area contributed by atoms with Crippen LogP contribution in [0, 0.1) is 0 Å². The zero-order chi connectivity index (χ0) is 9.52. The van der Waals surface area contributed by atoms with E-state index in [4.69, 9.17) is 0 Å². The highest BCUT2D eigenvalue weighted by atomic mass is 127. The summed E-state index contributed by atoms with van der Waals surface area (Å²) in [7, 11) is 0. The first kappa shape index (κ1) is 11.7. The van der Waals surface area contributed by atoms with E-state index in [1.165, 1.54) is 51.6 Å². The van der Waals surface area contributed by atoms with Gasteiger partial charge in [0.2, 0.25) is 0 Å². The number of nitrogens with zero attached hydrogens (tertiary/aromatic N) is 1. The van der Waals surface area contributed by atoms with Crippen molar-refractivity contribution < 1.29 is 0 Å². The molecule has 1 aliphatic rings. The van der Waals surface area contributed by atoms with Crippen LogP contribution in [-0.2, 0) is 0 Å². The number of halogens is 1. The van der Waals surface area contributed by atoms with Gasteiger partial charge in [0.25, 0.3) is 0 Å². The predicted octanol–water partition coefficient (Wildman–Crippen LogP) is 2.93. The van der Waals surface area contributed by atoms with E-state index in [-0.39, 0.29) is 0 Å². The molecule has 2 nitrogen and oxygen atoms in total. The fraction of sp³-hybridized carbons (Fsp3) is 1.00. The molecular weight excluding hydrogens is 275 g/mol. The number of nitrogens with one attached hydrogen (secondary N) is 1. The highest BCUT2D eigenvalue weighted by Crippen LogP contribution is 2.16. The van der Waals surface area contributed by atoms with E-state index in [0.29, 0.717) is 6.17 Å². The summed E-state index contributed by atoms with van der Waals surface area (Å²) in [5.41, 5.74) is 0. The van der Waals surface area contributed by atoms with Gasteiger partial charge in [-0.2, -0.15) is 0 Å². The molecule has 1 atom stereocenters. The summed E-state index contributed by atoms with van der Waals surface area (Å²) in [6.45, 7) is 4.84. The number of rotatable bonds is 4. The van der Waals surface area contributed by atoms with Gasteiger partial charge in [0.15, 0.2) is 0 Å². The molecule has 13 heavy (non-hydrogen) atoms. The zero-order valence-corrected chi connectivity index (χ0v) is 10.7. The van der Waals surface area contributed by atoms with Crippen molar-refractivity contribution in [3.63, 3.8) is 0 Å². The van der Waals surface area contributed by atoms with E-state index in [9.17, 15) is 0 Å². The highest BCUT2D eigenvalue weighted by molar-refractivity contribution is 14.1. The van der Waals surface area contributed by atoms with Crippen molar-refractivity contribution in [2.45, 2.75) is 51.6 Å². The monoisotopic (exact) mass is 296 g/mol. The molecule has 0 radical (unpaired) electrons. The van der Waals surface area contributed by atoms with Crippen LogP contribution in [0.25, 0.3) is 0 Å². The third kappa shape index (κ3) is 4.13. The maximum Gasteiger partial charge on any atom is 0.0684 e. The summed E-state index contributed by atoms with van der Waals surface area (Å²) in [6.07, 6.45) is 8.81. The fourth-order valence-corrected chi connectivity index (χ4v) is 2.63. The Morgan fingerprint density at radius 1 is 1.38 bits per heavy atom. The molecule has 78 valence electrons. The van der Waals surface area contributed by atoms with Crippen LogP contribution >= 0.6 is 22.9 Å². The standard InChI is InChI=1S/C10H21IN2/c1-2-3-8-13-9-6-4-5-7-10(13)12-11/h10,12H,2-9H2,1H3. The zero-order valence-electron chi connectivity index (χ0n) is 8.56. The van der Waals surface area contributed by atoms with Crippen LogP contribution in [0.4, 0.5) is 0 Å². The number of hydrogen-bond donors (Lipinski definition) is 1. The second-order valence-electron chi connectivity index (χ2n) is 3.86. The summed E-state index contributed by atoms with van der Waals surface area (Å²) in [4.78, 5) is 2.61. The van der Waals surface area contributed by atoms with E-state index in [1.54, 1.807) is 0 Å². The van der Waals surface area contributed by atoms with Gasteiger partial charge < -0.3 is 0 Å². The summed E-state index contributed by atoms with van der Waals surface area (Å²) >= 11 is 2.30. The van der Waals surface area contributed by atoms with Gasteiger partial charge in [-0.25, -0.2) is 3.53 Å². The smallest absolute Gasteiger partial charge is 0.0684 e. The second kappa shape index (κ2) is 7.01. The van der Waals surface area contributed by atoms with E-state index in [0.717, 1.165) is 0 Å². The molecule has 1 unspecified atom stereocenters. The van der Waals surface area contributed by atoms with Gasteiger partial charge in [-0.1, -0.05) is 26.2 Å². The average molecular weight is 296 g/mol. The molecule has 0 aliphatic carbocycles. The third-order valence-corrected chi connectivity index (χ3v) is 3.51. The quantitative estimate of drug-likeness (QED) is 0.634. The Kier molecular flexibility index (Phi) is 6.32. The molecule has 1 N–H and O–H groups in total. The first-order valence-corrected chi connectivity index (χ1v) is 6.56. The minimum absolute atomic E-state index is 0.634. The Morgan fingerprint density at radius 3 is 2.92 bits per heavy atom. The van der Waals surface area contributed by atoms with Crippen molar-refractivity contribution in [1.82, 2.24) is 8.43 Å². The molecule has 0 aromatic carbocycles. The molecule has 1 heterocycles. The Labute approximate surface area is 95.9 Å². The van der Waals surface area contributed by atoms with Gasteiger partial charge in [0.1, 0.15) is 0 Å². The molecule has 1 fully saturated rings. The van der Waals surface area contributed by atoms with E-state index >= 15 is 0 Å². The highest BCUT2D eigenvalue weighted by Gasteiger charge is 2.18. The largest absolute Gasteiger partial charge is 0.287 e. The Morgan fingerprint density at radius 2 is 2.23 bits per heavy atom. The molecule has 3 heteroatoms. The van der Waals surface area contributed by atoms with Crippen LogP contribution in [-0.4, -0.2) is 24.2 Å². The van der Waals surface area contributed by atoms with Crippen LogP contribution in [0.15, 0.2) is 0 Å². The van der Waals surface area contributed by atoms with Crippen molar-refractivity contribution in [2.75, 3.05) is 13.1 Å². The van der Waals surface area contributed by atoms with Crippen molar-refractivity contribution in [2.24, 2.45) is 0 Å². The molecular formula is C10H21IN2. The first-order valence-electron chi connectivity index (χ1n) is 5.48. The fourth-order valence-electron chi connectivity index (χ4n) is 1.92.